The third-order valence-electron chi connectivity index (χ3n) is 4.38. The van der Waals surface area contributed by atoms with Crippen LogP contribution in [0.25, 0.3) is 0 Å². The van der Waals surface area contributed by atoms with Crippen molar-refractivity contribution >= 4 is 11.6 Å². The lowest BCUT2D eigenvalue weighted by atomic mass is 10.1. The summed E-state index contributed by atoms with van der Waals surface area (Å²) in [5.74, 6) is 0.528. The average molecular weight is 414 g/mol. The highest BCUT2D eigenvalue weighted by Gasteiger charge is 2.28. The van der Waals surface area contributed by atoms with Gasteiger partial charge in [-0.3, -0.25) is 19.8 Å². The van der Waals surface area contributed by atoms with Gasteiger partial charge in [-0.1, -0.05) is 24.3 Å². The number of amides is 1. The standard InChI is InChI=1S/C21H26N4O5/c1-22-18(20(25(27)28)21(26)23-16-8-6-5-7-9-16)14-24(2)13-15-10-11-17(29-3)12-19(15)30-4/h5-12,22H,13-14H2,1-4H3,(H,23,26)/b20-18+. The number of carbonyl (C=O) groups is 1. The zero-order valence-corrected chi connectivity index (χ0v) is 17.5. The molecular formula is C21H26N4O5. The Balaban J connectivity index is 2.21. The number of nitro groups is 1. The molecule has 30 heavy (non-hydrogen) atoms. The van der Waals surface area contributed by atoms with Crippen LogP contribution in [0.4, 0.5) is 5.69 Å². The summed E-state index contributed by atoms with van der Waals surface area (Å²) in [4.78, 5) is 25.4. The Kier molecular flexibility index (Phi) is 8.18. The molecule has 2 aromatic carbocycles. The number of nitrogens with zero attached hydrogens (tertiary/aromatic N) is 2. The number of benzene rings is 2. The number of likely N-dealkylation sites (N-methyl/N-ethyl adjacent to an activating group) is 2. The number of hydrogen-bond donors (Lipinski definition) is 2. The minimum absolute atomic E-state index is 0.157. The van der Waals surface area contributed by atoms with Crippen molar-refractivity contribution in [3.05, 3.63) is 75.6 Å². The van der Waals surface area contributed by atoms with Gasteiger partial charge in [-0.25, -0.2) is 0 Å². The van der Waals surface area contributed by atoms with E-state index in [9.17, 15) is 14.9 Å². The van der Waals surface area contributed by atoms with Crippen molar-refractivity contribution in [2.24, 2.45) is 0 Å². The van der Waals surface area contributed by atoms with Crippen LogP contribution in [0.1, 0.15) is 5.56 Å². The molecule has 0 aliphatic carbocycles. The minimum Gasteiger partial charge on any atom is -0.497 e. The number of rotatable bonds is 10. The molecule has 0 heterocycles. The fourth-order valence-electron chi connectivity index (χ4n) is 2.91. The van der Waals surface area contributed by atoms with Gasteiger partial charge in [0.05, 0.1) is 19.1 Å². The van der Waals surface area contributed by atoms with Crippen LogP contribution in [0, 0.1) is 10.1 Å². The Labute approximate surface area is 175 Å². The molecule has 0 aromatic heterocycles. The molecule has 0 saturated heterocycles. The van der Waals surface area contributed by atoms with Gasteiger partial charge in [0.25, 0.3) is 0 Å². The topological polar surface area (TPSA) is 106 Å². The number of anilines is 1. The molecule has 160 valence electrons. The molecule has 0 aliphatic heterocycles. The van der Waals surface area contributed by atoms with Crippen molar-refractivity contribution in [3.8, 4) is 11.5 Å². The van der Waals surface area contributed by atoms with Gasteiger partial charge in [0.2, 0.25) is 0 Å². The van der Waals surface area contributed by atoms with Crippen LogP contribution < -0.4 is 20.1 Å². The summed E-state index contributed by atoms with van der Waals surface area (Å²) in [5.41, 5.74) is 1.03. The molecule has 0 bridgehead atoms. The molecule has 0 radical (unpaired) electrons. The molecule has 2 N–H and O–H groups in total. The van der Waals surface area contributed by atoms with Crippen molar-refractivity contribution in [1.82, 2.24) is 10.2 Å². The SMILES string of the molecule is CN/C(CN(C)Cc1ccc(OC)cc1OC)=C(\C(=O)Nc1ccccc1)[N+](=O)[O-]. The lowest BCUT2D eigenvalue weighted by molar-refractivity contribution is -0.420. The number of nitrogens with one attached hydrogen (secondary N) is 2. The second-order valence-corrected chi connectivity index (χ2v) is 6.50. The van der Waals surface area contributed by atoms with Gasteiger partial charge in [-0.2, -0.15) is 0 Å². The Bertz CT molecular complexity index is 915. The van der Waals surface area contributed by atoms with Crippen molar-refractivity contribution in [3.63, 3.8) is 0 Å². The molecule has 0 spiro atoms. The zero-order valence-electron chi connectivity index (χ0n) is 17.5. The summed E-state index contributed by atoms with van der Waals surface area (Å²) in [6.45, 7) is 0.605. The zero-order chi connectivity index (χ0) is 22.1. The Morgan fingerprint density at radius 2 is 1.83 bits per heavy atom. The first-order valence-electron chi connectivity index (χ1n) is 9.20. The molecule has 0 saturated carbocycles. The molecule has 9 heteroatoms. The second kappa shape index (κ2) is 10.8. The first-order chi connectivity index (χ1) is 14.4. The summed E-state index contributed by atoms with van der Waals surface area (Å²) < 4.78 is 10.6. The lowest BCUT2D eigenvalue weighted by Gasteiger charge is -2.20. The first-order valence-corrected chi connectivity index (χ1v) is 9.20. The van der Waals surface area contributed by atoms with E-state index in [4.69, 9.17) is 9.47 Å². The average Bonchev–Trinajstić information content (AvgIpc) is 2.73. The highest BCUT2D eigenvalue weighted by atomic mass is 16.6. The molecule has 0 aliphatic rings. The van der Waals surface area contributed by atoms with Crippen LogP contribution in [-0.4, -0.2) is 50.6 Å². The molecule has 1 amide bonds. The van der Waals surface area contributed by atoms with E-state index in [1.54, 1.807) is 64.7 Å². The molecule has 9 nitrogen and oxygen atoms in total. The predicted molar refractivity (Wildman–Crippen MR) is 114 cm³/mol. The molecule has 0 unspecified atom stereocenters. The number of carbonyl (C=O) groups excluding carboxylic acids is 1. The van der Waals surface area contributed by atoms with Gasteiger partial charge in [-0.05, 0) is 25.2 Å². The monoisotopic (exact) mass is 414 g/mol. The fourth-order valence-corrected chi connectivity index (χ4v) is 2.91. The van der Waals surface area contributed by atoms with Gasteiger partial charge in [0, 0.05) is 37.5 Å². The van der Waals surface area contributed by atoms with E-state index in [0.29, 0.717) is 23.7 Å². The summed E-state index contributed by atoms with van der Waals surface area (Å²) >= 11 is 0. The third kappa shape index (κ3) is 5.95. The van der Waals surface area contributed by atoms with E-state index >= 15 is 0 Å². The van der Waals surface area contributed by atoms with E-state index < -0.39 is 16.5 Å². The maximum atomic E-state index is 12.6. The van der Waals surface area contributed by atoms with Crippen LogP contribution in [0.5, 0.6) is 11.5 Å². The molecule has 2 rings (SSSR count). The van der Waals surface area contributed by atoms with Crippen molar-refractivity contribution < 1.29 is 19.2 Å². The minimum atomic E-state index is -0.786. The molecule has 0 atom stereocenters. The maximum absolute atomic E-state index is 12.6. The van der Waals surface area contributed by atoms with Crippen LogP contribution >= 0.6 is 0 Å². The van der Waals surface area contributed by atoms with E-state index in [0.717, 1.165) is 5.56 Å². The summed E-state index contributed by atoms with van der Waals surface area (Å²) in [7, 11) is 6.49. The molecule has 2 aromatic rings. The van der Waals surface area contributed by atoms with Crippen LogP contribution in [-0.2, 0) is 11.3 Å². The van der Waals surface area contributed by atoms with E-state index in [1.165, 1.54) is 0 Å². The van der Waals surface area contributed by atoms with Crippen LogP contribution in [0.2, 0.25) is 0 Å². The van der Waals surface area contributed by atoms with Gasteiger partial charge in [0.1, 0.15) is 17.2 Å². The maximum Gasteiger partial charge on any atom is 0.353 e. The van der Waals surface area contributed by atoms with Gasteiger partial charge in [-0.15, -0.1) is 0 Å². The quantitative estimate of drug-likeness (QED) is 0.349. The van der Waals surface area contributed by atoms with Gasteiger partial charge >= 0.3 is 11.6 Å². The number of para-hydroxylation sites is 1. The third-order valence-corrected chi connectivity index (χ3v) is 4.38. The highest BCUT2D eigenvalue weighted by Crippen LogP contribution is 2.25. The number of methoxy groups -OCH3 is 2. The highest BCUT2D eigenvalue weighted by molar-refractivity contribution is 6.02. The Morgan fingerprint density at radius 1 is 1.13 bits per heavy atom. The van der Waals surface area contributed by atoms with Crippen molar-refractivity contribution in [2.75, 3.05) is 40.2 Å². The summed E-state index contributed by atoms with van der Waals surface area (Å²) in [6, 6.07) is 14.0. The molecular weight excluding hydrogens is 388 g/mol. The number of hydrogen-bond acceptors (Lipinski definition) is 7. The number of ether oxygens (including phenoxy) is 2. The first kappa shape index (κ1) is 22.7. The second-order valence-electron chi connectivity index (χ2n) is 6.50. The fraction of sp³-hybridized carbons (Fsp3) is 0.286. The summed E-state index contributed by atoms with van der Waals surface area (Å²) in [5, 5.41) is 17.0. The van der Waals surface area contributed by atoms with Gasteiger partial charge < -0.3 is 20.1 Å². The van der Waals surface area contributed by atoms with E-state index in [2.05, 4.69) is 10.6 Å². The normalized spacial score (nSPS) is 11.5. The van der Waals surface area contributed by atoms with Crippen molar-refractivity contribution in [1.29, 1.82) is 0 Å². The largest absolute Gasteiger partial charge is 0.497 e. The summed E-state index contributed by atoms with van der Waals surface area (Å²) in [6.07, 6.45) is 0. The van der Waals surface area contributed by atoms with Crippen LogP contribution in [0.3, 0.4) is 0 Å². The van der Waals surface area contributed by atoms with E-state index in [-0.39, 0.29) is 12.2 Å². The van der Waals surface area contributed by atoms with Crippen molar-refractivity contribution in [2.45, 2.75) is 6.54 Å². The lowest BCUT2D eigenvalue weighted by Crippen LogP contribution is -2.32. The van der Waals surface area contributed by atoms with Crippen LogP contribution in [0.15, 0.2) is 59.9 Å². The Hall–Kier alpha value is -3.59. The Morgan fingerprint density at radius 3 is 2.40 bits per heavy atom. The smallest absolute Gasteiger partial charge is 0.353 e. The molecule has 0 fully saturated rings. The van der Waals surface area contributed by atoms with E-state index in [1.807, 2.05) is 17.0 Å². The predicted octanol–water partition coefficient (Wildman–Crippen LogP) is 2.48. The van der Waals surface area contributed by atoms with Gasteiger partial charge in [0.15, 0.2) is 0 Å².